The van der Waals surface area contributed by atoms with Crippen LogP contribution in [-0.2, 0) is 12.0 Å². The largest absolute Gasteiger partial charge is 0.497 e. The normalized spacial score (nSPS) is 16.0. The quantitative estimate of drug-likeness (QED) is 0.490. The molecule has 1 aliphatic heterocycles. The number of amides is 2. The molecule has 0 radical (unpaired) electrons. The summed E-state index contributed by atoms with van der Waals surface area (Å²) in [7, 11) is 1.65. The number of anilines is 2. The Labute approximate surface area is 198 Å². The van der Waals surface area contributed by atoms with Crippen molar-refractivity contribution >= 4 is 28.2 Å². The Hall–Kier alpha value is -3.17. The summed E-state index contributed by atoms with van der Waals surface area (Å²) < 4.78 is 5.24. The van der Waals surface area contributed by atoms with Gasteiger partial charge in [-0.2, -0.15) is 0 Å². The van der Waals surface area contributed by atoms with E-state index in [1.807, 2.05) is 48.0 Å². The van der Waals surface area contributed by atoms with Crippen molar-refractivity contribution in [2.24, 2.45) is 5.73 Å². The van der Waals surface area contributed by atoms with E-state index >= 15 is 0 Å². The fourth-order valence-electron chi connectivity index (χ4n) is 3.82. The van der Waals surface area contributed by atoms with E-state index in [0.717, 1.165) is 47.9 Å². The number of pyridine rings is 1. The van der Waals surface area contributed by atoms with Crippen molar-refractivity contribution in [1.29, 1.82) is 0 Å². The molecule has 1 unspecified atom stereocenters. The number of benzene rings is 1. The van der Waals surface area contributed by atoms with Gasteiger partial charge < -0.3 is 20.7 Å². The third kappa shape index (κ3) is 5.43. The van der Waals surface area contributed by atoms with E-state index in [2.05, 4.69) is 39.3 Å². The van der Waals surface area contributed by atoms with Gasteiger partial charge in [0.15, 0.2) is 5.13 Å². The number of ether oxygens (including phenoxy) is 1. The molecule has 1 aromatic carbocycles. The molecule has 0 aliphatic carbocycles. The summed E-state index contributed by atoms with van der Waals surface area (Å²) in [5.74, 6) is 0.816. The molecule has 4 rings (SSSR count). The molecule has 1 fully saturated rings. The van der Waals surface area contributed by atoms with Crippen LogP contribution in [0.25, 0.3) is 0 Å². The Morgan fingerprint density at radius 2 is 2.06 bits per heavy atom. The third-order valence-corrected chi connectivity index (χ3v) is 6.76. The summed E-state index contributed by atoms with van der Waals surface area (Å²) >= 11 is 1.41. The number of carbonyl (C=O) groups is 1. The summed E-state index contributed by atoms with van der Waals surface area (Å²) in [5.41, 5.74) is 9.54. The zero-order chi connectivity index (χ0) is 23.4. The van der Waals surface area contributed by atoms with Gasteiger partial charge in [-0.25, -0.2) is 9.78 Å². The molecule has 0 spiro atoms. The van der Waals surface area contributed by atoms with Gasteiger partial charge >= 0.3 is 6.03 Å². The van der Waals surface area contributed by atoms with Gasteiger partial charge in [-0.15, -0.1) is 11.3 Å². The number of aromatic nitrogens is 2. The van der Waals surface area contributed by atoms with Gasteiger partial charge in [0.1, 0.15) is 5.75 Å². The Morgan fingerprint density at radius 3 is 2.70 bits per heavy atom. The molecule has 3 aromatic rings. The van der Waals surface area contributed by atoms with E-state index in [4.69, 9.17) is 10.5 Å². The van der Waals surface area contributed by atoms with Gasteiger partial charge in [-0.1, -0.05) is 26.0 Å². The molecule has 1 saturated heterocycles. The van der Waals surface area contributed by atoms with Crippen LogP contribution < -0.4 is 26.0 Å². The summed E-state index contributed by atoms with van der Waals surface area (Å²) in [6.45, 7) is 6.36. The number of urea groups is 1. The van der Waals surface area contributed by atoms with Gasteiger partial charge in [0, 0.05) is 29.9 Å². The first-order chi connectivity index (χ1) is 15.8. The Morgan fingerprint density at radius 1 is 1.27 bits per heavy atom. The van der Waals surface area contributed by atoms with E-state index in [0.29, 0.717) is 11.7 Å². The van der Waals surface area contributed by atoms with Crippen molar-refractivity contribution in [2.75, 3.05) is 30.4 Å². The Bertz CT molecular complexity index is 1080. The molecule has 4 N–H and O–H groups in total. The van der Waals surface area contributed by atoms with Gasteiger partial charge in [0.25, 0.3) is 0 Å². The molecule has 33 heavy (non-hydrogen) atoms. The van der Waals surface area contributed by atoms with Gasteiger partial charge in [-0.3, -0.25) is 10.3 Å². The van der Waals surface area contributed by atoms with Crippen molar-refractivity contribution in [3.05, 3.63) is 64.9 Å². The van der Waals surface area contributed by atoms with Crippen molar-refractivity contribution in [1.82, 2.24) is 15.3 Å². The number of thiazole rings is 1. The second-order valence-electron chi connectivity index (χ2n) is 8.70. The first kappa shape index (κ1) is 23.0. The minimum absolute atomic E-state index is 0.225. The monoisotopic (exact) mass is 466 g/mol. The average Bonchev–Trinajstić information content (AvgIpc) is 3.47. The number of nitrogens with two attached hydrogens (primary N) is 1. The molecular weight excluding hydrogens is 436 g/mol. The number of hydrogen-bond acceptors (Lipinski definition) is 7. The molecule has 174 valence electrons. The van der Waals surface area contributed by atoms with Crippen LogP contribution in [0.15, 0.2) is 48.0 Å². The summed E-state index contributed by atoms with van der Waals surface area (Å²) in [4.78, 5) is 23.7. The van der Waals surface area contributed by atoms with Crippen LogP contribution in [0.4, 0.5) is 15.6 Å². The van der Waals surface area contributed by atoms with Crippen LogP contribution in [0.2, 0.25) is 0 Å². The van der Waals surface area contributed by atoms with Gasteiger partial charge in [0.2, 0.25) is 0 Å². The number of hydrogen-bond donors (Lipinski definition) is 3. The maximum atomic E-state index is 12.4. The highest BCUT2D eigenvalue weighted by Crippen LogP contribution is 2.34. The molecule has 1 aliphatic rings. The number of rotatable bonds is 7. The summed E-state index contributed by atoms with van der Waals surface area (Å²) in [5, 5.41) is 8.20. The molecular formula is C24H30N6O2S. The van der Waals surface area contributed by atoms with E-state index < -0.39 is 0 Å². The number of methoxy groups -OCH3 is 1. The standard InChI is InChI=1S/C24H30N6O2S/c1-24(2,16-4-8-20(32-3)9-5-16)21-15-33-23(28-21)29-22(31)27-12-18-6-7-19(13-26-18)30-11-10-17(25)14-30/h4-9,13,15,17H,10-12,14,25H2,1-3H3,(H2,27,28,29,31). The van der Waals surface area contributed by atoms with E-state index in [1.165, 1.54) is 11.3 Å². The highest BCUT2D eigenvalue weighted by molar-refractivity contribution is 7.13. The lowest BCUT2D eigenvalue weighted by Crippen LogP contribution is -2.29. The van der Waals surface area contributed by atoms with Crippen LogP contribution in [0.5, 0.6) is 5.75 Å². The molecule has 0 bridgehead atoms. The second kappa shape index (κ2) is 9.76. The van der Waals surface area contributed by atoms with Gasteiger partial charge in [0.05, 0.1) is 36.9 Å². The topological polar surface area (TPSA) is 105 Å². The van der Waals surface area contributed by atoms with Crippen LogP contribution >= 0.6 is 11.3 Å². The molecule has 0 saturated carbocycles. The summed E-state index contributed by atoms with van der Waals surface area (Å²) in [6, 6.07) is 11.8. The zero-order valence-electron chi connectivity index (χ0n) is 19.2. The smallest absolute Gasteiger partial charge is 0.321 e. The fourth-order valence-corrected chi connectivity index (χ4v) is 4.69. The predicted octanol–water partition coefficient (Wildman–Crippen LogP) is 3.73. The molecule has 8 nitrogen and oxygen atoms in total. The number of nitrogens with zero attached hydrogens (tertiary/aromatic N) is 3. The zero-order valence-corrected chi connectivity index (χ0v) is 20.0. The minimum atomic E-state index is -0.311. The molecule has 9 heteroatoms. The maximum Gasteiger partial charge on any atom is 0.321 e. The van der Waals surface area contributed by atoms with Crippen LogP contribution in [0, 0.1) is 0 Å². The van der Waals surface area contributed by atoms with E-state index in [1.54, 1.807) is 7.11 Å². The molecule has 2 amide bonds. The Kier molecular flexibility index (Phi) is 6.80. The number of carbonyl (C=O) groups excluding carboxylic acids is 1. The van der Waals surface area contributed by atoms with Crippen molar-refractivity contribution in [3.8, 4) is 5.75 Å². The Balaban J connectivity index is 1.31. The summed E-state index contributed by atoms with van der Waals surface area (Å²) in [6.07, 6.45) is 2.83. The number of nitrogens with one attached hydrogen (secondary N) is 2. The lowest BCUT2D eigenvalue weighted by molar-refractivity contribution is 0.251. The van der Waals surface area contributed by atoms with Crippen LogP contribution in [0.3, 0.4) is 0 Å². The van der Waals surface area contributed by atoms with Crippen molar-refractivity contribution in [2.45, 2.75) is 38.3 Å². The first-order valence-corrected chi connectivity index (χ1v) is 11.8. The first-order valence-electron chi connectivity index (χ1n) is 11.0. The van der Waals surface area contributed by atoms with E-state index in [-0.39, 0.29) is 17.5 Å². The molecule has 2 aromatic heterocycles. The third-order valence-electron chi connectivity index (χ3n) is 6.01. The lowest BCUT2D eigenvalue weighted by Gasteiger charge is -2.23. The van der Waals surface area contributed by atoms with E-state index in [9.17, 15) is 4.79 Å². The van der Waals surface area contributed by atoms with Crippen molar-refractivity contribution in [3.63, 3.8) is 0 Å². The predicted molar refractivity (Wildman–Crippen MR) is 132 cm³/mol. The van der Waals surface area contributed by atoms with Crippen molar-refractivity contribution < 1.29 is 9.53 Å². The minimum Gasteiger partial charge on any atom is -0.497 e. The fraction of sp³-hybridized carbons (Fsp3) is 0.375. The highest BCUT2D eigenvalue weighted by atomic mass is 32.1. The second-order valence-corrected chi connectivity index (χ2v) is 9.56. The maximum absolute atomic E-state index is 12.4. The molecule has 1 atom stereocenters. The van der Waals surface area contributed by atoms with Crippen LogP contribution in [0.1, 0.15) is 37.2 Å². The van der Waals surface area contributed by atoms with Gasteiger partial charge in [-0.05, 0) is 36.2 Å². The average molecular weight is 467 g/mol. The lowest BCUT2D eigenvalue weighted by atomic mass is 9.82. The van der Waals surface area contributed by atoms with Crippen LogP contribution in [-0.4, -0.2) is 42.2 Å². The highest BCUT2D eigenvalue weighted by Gasteiger charge is 2.26. The molecule has 3 heterocycles. The SMILES string of the molecule is COc1ccc(C(C)(C)c2csc(NC(=O)NCc3ccc(N4CCC(N)C4)cn3)n2)cc1.